The number of aryl methyl sites for hydroxylation is 3. The largest absolute Gasteiger partial charge is 0.417 e. The molecule has 0 aromatic carbocycles. The van der Waals surface area contributed by atoms with Crippen molar-refractivity contribution in [3.63, 3.8) is 0 Å². The molecule has 0 aliphatic carbocycles. The zero-order valence-corrected chi connectivity index (χ0v) is 28.2. The first-order valence-electron chi connectivity index (χ1n) is 15.8. The van der Waals surface area contributed by atoms with E-state index in [-0.39, 0.29) is 12.5 Å². The Balaban J connectivity index is 0.000000183. The summed E-state index contributed by atoms with van der Waals surface area (Å²) in [4.78, 5) is 21.4. The lowest BCUT2D eigenvalue weighted by Crippen LogP contribution is -2.09. The van der Waals surface area contributed by atoms with Gasteiger partial charge in [0.25, 0.3) is 0 Å². The molecule has 0 saturated carbocycles. The second-order valence-electron chi connectivity index (χ2n) is 11.6. The average Bonchev–Trinajstić information content (AvgIpc) is 3.89. The van der Waals surface area contributed by atoms with Crippen molar-refractivity contribution < 1.29 is 27.0 Å². The average molecular weight is 705 g/mol. The molecule has 0 amide bonds. The van der Waals surface area contributed by atoms with Gasteiger partial charge in [-0.1, -0.05) is 10.3 Å². The van der Waals surface area contributed by atoms with Crippen LogP contribution in [0.3, 0.4) is 0 Å². The van der Waals surface area contributed by atoms with Crippen molar-refractivity contribution in [2.45, 2.75) is 53.1 Å². The van der Waals surface area contributed by atoms with Crippen LogP contribution in [0.4, 0.5) is 30.8 Å². The first-order valence-corrected chi connectivity index (χ1v) is 15.8. The van der Waals surface area contributed by atoms with Crippen LogP contribution in [0.2, 0.25) is 0 Å². The van der Waals surface area contributed by atoms with Gasteiger partial charge in [0, 0.05) is 44.4 Å². The van der Waals surface area contributed by atoms with Gasteiger partial charge in [0.05, 0.1) is 48.5 Å². The molecule has 0 bridgehead atoms. The molecule has 266 valence electrons. The molecule has 0 saturated heterocycles. The van der Waals surface area contributed by atoms with Crippen molar-refractivity contribution in [3.05, 3.63) is 95.0 Å². The summed E-state index contributed by atoms with van der Waals surface area (Å²) in [6.07, 6.45) is 0.189. The molecule has 18 heteroatoms. The molecule has 4 N–H and O–H groups in total. The van der Waals surface area contributed by atoms with Crippen LogP contribution >= 0.6 is 0 Å². The molecular weight excluding hydrogens is 669 g/mol. The molecular formula is C33H35F3N12O3. The minimum Gasteiger partial charge on any atom is -0.383 e. The minimum absolute atomic E-state index is 0.232. The number of anilines is 3. The maximum Gasteiger partial charge on any atom is 0.417 e. The Morgan fingerprint density at radius 3 is 1.96 bits per heavy atom. The van der Waals surface area contributed by atoms with E-state index in [1.54, 1.807) is 14.0 Å². The maximum absolute atomic E-state index is 12.7. The molecule has 0 aliphatic heterocycles. The van der Waals surface area contributed by atoms with Gasteiger partial charge < -0.3 is 39.3 Å². The van der Waals surface area contributed by atoms with Crippen molar-refractivity contribution >= 4 is 39.7 Å². The highest BCUT2D eigenvalue weighted by Gasteiger charge is 2.30. The summed E-state index contributed by atoms with van der Waals surface area (Å²) in [7, 11) is 1.67. The topological polar surface area (TPSA) is 186 Å². The number of methoxy groups -OCH3 is 1. The minimum atomic E-state index is -4.41. The molecule has 7 aromatic rings. The number of nitrogens with two attached hydrogens (primary N) is 1. The number of nitrogen functional groups attached to an aromatic ring is 1. The fourth-order valence-corrected chi connectivity index (χ4v) is 5.31. The summed E-state index contributed by atoms with van der Waals surface area (Å²) in [5.74, 6) is 3.59. The van der Waals surface area contributed by atoms with E-state index < -0.39 is 11.7 Å². The maximum atomic E-state index is 12.7. The lowest BCUT2D eigenvalue weighted by Gasteiger charge is -2.11. The third kappa shape index (κ3) is 8.41. The Morgan fingerprint density at radius 1 is 0.784 bits per heavy atom. The number of nitrogens with zero attached hydrogens (tertiary/aromatic N) is 9. The van der Waals surface area contributed by atoms with Crippen LogP contribution in [0.5, 0.6) is 0 Å². The lowest BCUT2D eigenvalue weighted by atomic mass is 10.2. The first-order chi connectivity index (χ1) is 24.5. The first kappa shape index (κ1) is 34.8. The summed E-state index contributed by atoms with van der Waals surface area (Å²) < 4.78 is 57.4. The van der Waals surface area contributed by atoms with E-state index in [1.165, 1.54) is 6.07 Å². The molecule has 51 heavy (non-hydrogen) atoms. The van der Waals surface area contributed by atoms with Gasteiger partial charge in [-0.2, -0.15) is 18.2 Å². The van der Waals surface area contributed by atoms with Crippen molar-refractivity contribution in [2.24, 2.45) is 0 Å². The smallest absolute Gasteiger partial charge is 0.383 e. The van der Waals surface area contributed by atoms with E-state index in [9.17, 15) is 13.2 Å². The molecule has 0 radical (unpaired) electrons. The molecule has 0 fully saturated rings. The van der Waals surface area contributed by atoms with Crippen LogP contribution in [-0.2, 0) is 37.1 Å². The number of alkyl halides is 3. The molecule has 0 unspecified atom stereocenters. The van der Waals surface area contributed by atoms with Crippen molar-refractivity contribution in [2.75, 3.05) is 30.1 Å². The molecule has 7 aromatic heterocycles. The number of nitrogens with one attached hydrogen (secondary N) is 2. The zero-order chi connectivity index (χ0) is 36.1. The summed E-state index contributed by atoms with van der Waals surface area (Å²) in [6.45, 7) is 7.97. The van der Waals surface area contributed by atoms with Crippen molar-refractivity contribution in [1.29, 1.82) is 0 Å². The highest BCUT2D eigenvalue weighted by molar-refractivity contribution is 5.88. The van der Waals surface area contributed by atoms with Crippen molar-refractivity contribution in [3.8, 4) is 0 Å². The van der Waals surface area contributed by atoms with Crippen molar-refractivity contribution in [1.82, 2.24) is 44.4 Å². The van der Waals surface area contributed by atoms with Gasteiger partial charge in [0.2, 0.25) is 5.95 Å². The monoisotopic (exact) mass is 704 g/mol. The summed E-state index contributed by atoms with van der Waals surface area (Å²) in [5, 5.41) is 14.4. The van der Waals surface area contributed by atoms with Gasteiger partial charge >= 0.3 is 6.18 Å². The van der Waals surface area contributed by atoms with Gasteiger partial charge in [0.15, 0.2) is 11.6 Å². The zero-order valence-electron chi connectivity index (χ0n) is 28.2. The Kier molecular flexibility index (Phi) is 10.1. The highest BCUT2D eigenvalue weighted by atomic mass is 19.4. The van der Waals surface area contributed by atoms with E-state index >= 15 is 0 Å². The number of ether oxygens (including phenoxy) is 1. The fourth-order valence-electron chi connectivity index (χ4n) is 5.31. The standard InChI is InChI=1S/C19H17F3N6O.C14H18N6O2/c1-11-7-15(27-29-11)9-24-18-17-16(25-12(2)26-18)5-6-28(17)10-14-4-3-13(8-23-14)19(20,21)22;1-9-7-10(19-22-9)8-16-13-12-11(17-14(15)18-13)3-4-20(12)5-6-21-2/h3-8H,9-10H2,1-2H3,(H,24,25,26);3-4,7H,5-6,8H2,1-2H3,(H3,15,16,17,18). The molecule has 15 nitrogen and oxygen atoms in total. The van der Waals surface area contributed by atoms with Crippen LogP contribution in [0.25, 0.3) is 22.1 Å². The SMILES string of the molecule is COCCn1ccc2nc(N)nc(NCc3cc(C)on3)c21.Cc1nc(NCc2cc(C)on2)c2c(ccn2Cc2ccc(C(F)(F)F)cn2)n1. The predicted molar refractivity (Wildman–Crippen MR) is 182 cm³/mol. The molecule has 7 rings (SSSR count). The molecule has 7 heterocycles. The molecule has 0 spiro atoms. The number of halogens is 3. The van der Waals surface area contributed by atoms with Gasteiger partial charge in [0.1, 0.15) is 39.8 Å². The number of pyridine rings is 1. The number of rotatable bonds is 11. The third-order valence-electron chi connectivity index (χ3n) is 7.60. The Bertz CT molecular complexity index is 2240. The molecule has 0 atom stereocenters. The summed E-state index contributed by atoms with van der Waals surface area (Å²) in [5.41, 5.74) is 10.2. The van der Waals surface area contributed by atoms with Gasteiger partial charge in [-0.05, 0) is 45.0 Å². The predicted octanol–water partition coefficient (Wildman–Crippen LogP) is 5.68. The van der Waals surface area contributed by atoms with Gasteiger partial charge in [-0.25, -0.2) is 15.0 Å². The van der Waals surface area contributed by atoms with Crippen LogP contribution in [-0.4, -0.2) is 58.1 Å². The van der Waals surface area contributed by atoms with Crippen LogP contribution in [0.15, 0.2) is 64.0 Å². The quantitative estimate of drug-likeness (QED) is 0.150. The van der Waals surface area contributed by atoms with E-state index in [0.717, 1.165) is 51.5 Å². The number of hydrogen-bond acceptors (Lipinski definition) is 13. The summed E-state index contributed by atoms with van der Waals surface area (Å²) >= 11 is 0. The Hall–Kier alpha value is -6.04. The fraction of sp³-hybridized carbons (Fsp3) is 0.303. The lowest BCUT2D eigenvalue weighted by molar-refractivity contribution is -0.137. The number of fused-ring (bicyclic) bond motifs is 2. The third-order valence-corrected chi connectivity index (χ3v) is 7.60. The molecule has 0 aliphatic rings. The van der Waals surface area contributed by atoms with Crippen LogP contribution in [0.1, 0.15) is 40.0 Å². The van der Waals surface area contributed by atoms with E-state index in [2.05, 4.69) is 45.9 Å². The van der Waals surface area contributed by atoms with Gasteiger partial charge in [-0.3, -0.25) is 4.98 Å². The Morgan fingerprint density at radius 2 is 1.39 bits per heavy atom. The number of hydrogen-bond donors (Lipinski definition) is 3. The van der Waals surface area contributed by atoms with E-state index in [4.69, 9.17) is 19.5 Å². The second-order valence-corrected chi connectivity index (χ2v) is 11.6. The summed E-state index contributed by atoms with van der Waals surface area (Å²) in [6, 6.07) is 9.84. The van der Waals surface area contributed by atoms with E-state index in [1.807, 2.05) is 59.6 Å². The van der Waals surface area contributed by atoms with Gasteiger partial charge in [-0.15, -0.1) is 0 Å². The number of aromatic nitrogens is 9. The van der Waals surface area contributed by atoms with E-state index in [0.29, 0.717) is 55.2 Å². The normalized spacial score (nSPS) is 11.6. The second kappa shape index (κ2) is 14.8. The highest BCUT2D eigenvalue weighted by Crippen LogP contribution is 2.29. The Labute approximate surface area is 289 Å². The van der Waals surface area contributed by atoms with Crippen LogP contribution in [0, 0.1) is 20.8 Å². The van der Waals surface area contributed by atoms with Crippen LogP contribution < -0.4 is 16.4 Å².